The molecule has 0 unspecified atom stereocenters. The Labute approximate surface area is 129 Å². The molecule has 0 aromatic heterocycles. The van der Waals surface area contributed by atoms with E-state index in [4.69, 9.17) is 14.3 Å². The van der Waals surface area contributed by atoms with Crippen LogP contribution in [-0.2, 0) is 14.0 Å². The van der Waals surface area contributed by atoms with Crippen LogP contribution in [0.15, 0.2) is 0 Å². The zero-order chi connectivity index (χ0) is 16.7. The molecule has 21 heavy (non-hydrogen) atoms. The van der Waals surface area contributed by atoms with Gasteiger partial charge in [0.25, 0.3) is 0 Å². The van der Waals surface area contributed by atoms with Gasteiger partial charge < -0.3 is 14.3 Å². The molecule has 0 rings (SSSR count). The number of halogens is 1. The van der Waals surface area contributed by atoms with Gasteiger partial charge in [-0.1, -0.05) is 20.8 Å². The molecule has 0 aromatic rings. The van der Waals surface area contributed by atoms with Crippen molar-refractivity contribution < 1.29 is 23.5 Å². The first-order valence-corrected chi connectivity index (χ1v) is 10.5. The summed E-state index contributed by atoms with van der Waals surface area (Å²) in [5, 5.41) is 9.05. The van der Waals surface area contributed by atoms with Gasteiger partial charge in [0.2, 0.25) is 0 Å². The van der Waals surface area contributed by atoms with E-state index in [0.717, 1.165) is 0 Å². The normalized spacial score (nSPS) is 15.6. The second-order valence-corrected chi connectivity index (χ2v) is 11.8. The number of hydrogen-bond donors (Lipinski definition) is 1. The quantitative estimate of drug-likeness (QED) is 0.522. The van der Waals surface area contributed by atoms with Crippen molar-refractivity contribution in [2.24, 2.45) is 0 Å². The molecule has 1 N–H and O–H groups in total. The van der Waals surface area contributed by atoms with Crippen molar-refractivity contribution in [3.63, 3.8) is 0 Å². The van der Waals surface area contributed by atoms with Crippen LogP contribution in [0.3, 0.4) is 0 Å². The average Bonchev–Trinajstić information content (AvgIpc) is 2.34. The lowest BCUT2D eigenvalue weighted by Crippen LogP contribution is -2.45. The third-order valence-electron chi connectivity index (χ3n) is 4.14. The van der Waals surface area contributed by atoms with Crippen molar-refractivity contribution in [1.29, 1.82) is 0 Å². The van der Waals surface area contributed by atoms with Crippen LogP contribution in [0.2, 0.25) is 18.1 Å². The number of hydrogen-bond acceptors (Lipinski definition) is 4. The molecule has 0 amide bonds. The molecule has 126 valence electrons. The average molecular weight is 322 g/mol. The van der Waals surface area contributed by atoms with Crippen LogP contribution in [0, 0.1) is 0 Å². The number of rotatable bonds is 9. The lowest BCUT2D eigenvalue weighted by atomic mass is 9.97. The first-order valence-electron chi connectivity index (χ1n) is 7.57. The minimum absolute atomic E-state index is 0.00516. The summed E-state index contributed by atoms with van der Waals surface area (Å²) < 4.78 is 25.6. The van der Waals surface area contributed by atoms with Crippen LogP contribution in [0.4, 0.5) is 4.39 Å². The first kappa shape index (κ1) is 20.5. The van der Waals surface area contributed by atoms with Crippen LogP contribution in [-0.4, -0.2) is 44.9 Å². The second-order valence-electron chi connectivity index (χ2n) is 6.98. The highest BCUT2D eigenvalue weighted by Crippen LogP contribution is 2.38. The van der Waals surface area contributed by atoms with E-state index in [9.17, 15) is 9.18 Å². The Bertz CT molecular complexity index is 328. The van der Waals surface area contributed by atoms with E-state index < -0.39 is 20.0 Å². The van der Waals surface area contributed by atoms with Crippen LogP contribution < -0.4 is 0 Å². The Balaban J connectivity index is 4.63. The highest BCUT2D eigenvalue weighted by Gasteiger charge is 2.40. The fraction of sp³-hybridized carbons (Fsp3) is 0.933. The molecule has 0 bridgehead atoms. The van der Waals surface area contributed by atoms with Gasteiger partial charge in [0.05, 0.1) is 13.2 Å². The van der Waals surface area contributed by atoms with E-state index in [1.807, 2.05) is 0 Å². The number of aliphatic hydroxyl groups excluding tert-OH is 1. The minimum atomic E-state index is -2.05. The van der Waals surface area contributed by atoms with Gasteiger partial charge in [0.1, 0.15) is 5.67 Å². The standard InChI is InChI=1S/C15H31FO4Si/c1-7-19-13(18)8-9-15(16,10-11-17)12-20-21(5,6)14(2,3)4/h17H,7-12H2,1-6H3/t15-/m0/s1. The summed E-state index contributed by atoms with van der Waals surface area (Å²) in [5.41, 5.74) is -1.68. The number of esters is 1. The van der Waals surface area contributed by atoms with Crippen molar-refractivity contribution in [2.75, 3.05) is 19.8 Å². The molecule has 0 saturated heterocycles. The Hall–Kier alpha value is -0.463. The fourth-order valence-electron chi connectivity index (χ4n) is 1.56. The lowest BCUT2D eigenvalue weighted by molar-refractivity contribution is -0.144. The maximum absolute atomic E-state index is 14.8. The number of aliphatic hydroxyl groups is 1. The highest BCUT2D eigenvalue weighted by atomic mass is 28.4. The Kier molecular flexibility index (Phi) is 8.06. The SMILES string of the molecule is CCOC(=O)CC[C@](F)(CCO)CO[Si](C)(C)C(C)(C)C. The monoisotopic (exact) mass is 322 g/mol. The summed E-state index contributed by atoms with van der Waals surface area (Å²) in [7, 11) is -2.05. The summed E-state index contributed by atoms with van der Waals surface area (Å²) in [6.45, 7) is 12.0. The second kappa shape index (κ2) is 8.24. The molecular weight excluding hydrogens is 291 g/mol. The van der Waals surface area contributed by atoms with Crippen molar-refractivity contribution in [3.8, 4) is 0 Å². The van der Waals surface area contributed by atoms with Gasteiger partial charge in [-0.3, -0.25) is 4.79 Å². The predicted octanol–water partition coefficient (Wildman–Crippen LogP) is 3.44. The maximum atomic E-state index is 14.8. The summed E-state index contributed by atoms with van der Waals surface area (Å²) in [4.78, 5) is 11.4. The molecule has 4 nitrogen and oxygen atoms in total. The van der Waals surface area contributed by atoms with Crippen LogP contribution in [0.5, 0.6) is 0 Å². The van der Waals surface area contributed by atoms with E-state index in [-0.39, 0.29) is 37.5 Å². The number of alkyl halides is 1. The van der Waals surface area contributed by atoms with Gasteiger partial charge >= 0.3 is 5.97 Å². The first-order chi connectivity index (χ1) is 9.47. The van der Waals surface area contributed by atoms with Gasteiger partial charge in [-0.2, -0.15) is 0 Å². The smallest absolute Gasteiger partial charge is 0.305 e. The van der Waals surface area contributed by atoms with E-state index in [0.29, 0.717) is 6.61 Å². The Morgan fingerprint density at radius 3 is 2.24 bits per heavy atom. The van der Waals surface area contributed by atoms with Crippen molar-refractivity contribution >= 4 is 14.3 Å². The summed E-state index contributed by atoms with van der Waals surface area (Å²) in [6, 6.07) is 0. The maximum Gasteiger partial charge on any atom is 0.305 e. The highest BCUT2D eigenvalue weighted by molar-refractivity contribution is 6.74. The zero-order valence-electron chi connectivity index (χ0n) is 14.3. The molecule has 0 aliphatic rings. The molecule has 0 fully saturated rings. The molecule has 1 atom stereocenters. The van der Waals surface area contributed by atoms with Crippen molar-refractivity contribution in [3.05, 3.63) is 0 Å². The van der Waals surface area contributed by atoms with E-state index in [1.165, 1.54) is 0 Å². The zero-order valence-corrected chi connectivity index (χ0v) is 15.3. The Morgan fingerprint density at radius 1 is 1.24 bits per heavy atom. The molecular formula is C15H31FO4Si. The predicted molar refractivity (Wildman–Crippen MR) is 84.6 cm³/mol. The van der Waals surface area contributed by atoms with Gasteiger partial charge in [0.15, 0.2) is 8.32 Å². The molecule has 0 heterocycles. The Morgan fingerprint density at radius 2 is 1.81 bits per heavy atom. The largest absolute Gasteiger partial charge is 0.466 e. The number of ether oxygens (including phenoxy) is 1. The van der Waals surface area contributed by atoms with Gasteiger partial charge in [-0.05, 0) is 31.5 Å². The van der Waals surface area contributed by atoms with Gasteiger partial charge in [0, 0.05) is 19.4 Å². The van der Waals surface area contributed by atoms with Crippen LogP contribution >= 0.6 is 0 Å². The van der Waals surface area contributed by atoms with E-state index in [2.05, 4.69) is 33.9 Å². The molecule has 0 radical (unpaired) electrons. The molecule has 6 heteroatoms. The fourth-order valence-corrected chi connectivity index (χ4v) is 2.61. The summed E-state index contributed by atoms with van der Waals surface area (Å²) in [5.74, 6) is -0.412. The molecule has 0 aromatic carbocycles. The summed E-state index contributed by atoms with van der Waals surface area (Å²) >= 11 is 0. The molecule has 0 saturated carbocycles. The topological polar surface area (TPSA) is 55.8 Å². The number of carbonyl (C=O) groups is 1. The summed E-state index contributed by atoms with van der Waals surface area (Å²) in [6.07, 6.45) is -0.00670. The van der Waals surface area contributed by atoms with Crippen LogP contribution in [0.25, 0.3) is 0 Å². The van der Waals surface area contributed by atoms with Gasteiger partial charge in [-0.25, -0.2) is 4.39 Å². The van der Waals surface area contributed by atoms with Crippen molar-refractivity contribution in [2.45, 2.75) is 70.8 Å². The minimum Gasteiger partial charge on any atom is -0.466 e. The molecule has 0 spiro atoms. The molecule has 0 aliphatic heterocycles. The van der Waals surface area contributed by atoms with Crippen LogP contribution in [0.1, 0.15) is 47.0 Å². The number of carbonyl (C=O) groups excluding carboxylic acids is 1. The van der Waals surface area contributed by atoms with Gasteiger partial charge in [-0.15, -0.1) is 0 Å². The van der Waals surface area contributed by atoms with Crippen molar-refractivity contribution in [1.82, 2.24) is 0 Å². The van der Waals surface area contributed by atoms with E-state index >= 15 is 0 Å². The third kappa shape index (κ3) is 7.38. The third-order valence-corrected chi connectivity index (χ3v) is 8.62. The molecule has 0 aliphatic carbocycles. The lowest BCUT2D eigenvalue weighted by Gasteiger charge is -2.38. The van der Waals surface area contributed by atoms with E-state index in [1.54, 1.807) is 6.92 Å².